The molecule has 6 nitrogen and oxygen atoms in total. The fraction of sp³-hybridized carbons (Fsp3) is 0.286. The van der Waals surface area contributed by atoms with Crippen LogP contribution in [-0.2, 0) is 22.7 Å². The van der Waals surface area contributed by atoms with E-state index in [1.165, 1.54) is 0 Å². The maximum Gasteiger partial charge on any atom is 0.144 e. The highest BCUT2D eigenvalue weighted by Crippen LogP contribution is 2.26. The molecule has 3 N–H and O–H groups in total. The third-order valence-electron chi connectivity index (χ3n) is 4.21. The molecule has 0 fully saturated rings. The summed E-state index contributed by atoms with van der Waals surface area (Å²) in [6, 6.07) is 19.4. The molecule has 3 rings (SSSR count). The number of benzene rings is 2. The molecule has 0 amide bonds. The molecule has 0 aliphatic heterocycles. The average Bonchev–Trinajstić information content (AvgIpc) is 3.26. The zero-order valence-electron chi connectivity index (χ0n) is 14.9. The van der Waals surface area contributed by atoms with Crippen LogP contribution in [0.4, 0.5) is 0 Å². The smallest absolute Gasteiger partial charge is 0.144 e. The first-order valence-electron chi connectivity index (χ1n) is 8.87. The van der Waals surface area contributed by atoms with Gasteiger partial charge in [0.05, 0.1) is 19.8 Å². The summed E-state index contributed by atoms with van der Waals surface area (Å²) in [4.78, 5) is 7.29. The van der Waals surface area contributed by atoms with Gasteiger partial charge in [0, 0.05) is 12.4 Å². The van der Waals surface area contributed by atoms with Crippen LogP contribution in [0.3, 0.4) is 0 Å². The molecule has 0 spiro atoms. The van der Waals surface area contributed by atoms with Crippen LogP contribution >= 0.6 is 0 Å². The molecule has 0 unspecified atom stereocenters. The first kappa shape index (κ1) is 19.3. The molecule has 0 aliphatic rings. The third kappa shape index (κ3) is 5.48. The van der Waals surface area contributed by atoms with Gasteiger partial charge in [0.15, 0.2) is 0 Å². The Morgan fingerprint density at radius 3 is 2.00 bits per heavy atom. The zero-order chi connectivity index (χ0) is 18.9. The minimum absolute atomic E-state index is 0.286. The fourth-order valence-corrected chi connectivity index (χ4v) is 2.79. The number of hydrogen-bond acceptors (Lipinski definition) is 5. The average molecular weight is 368 g/mol. The summed E-state index contributed by atoms with van der Waals surface area (Å²) < 4.78 is 12.0. The summed E-state index contributed by atoms with van der Waals surface area (Å²) in [5.74, 6) is 0.538. The Morgan fingerprint density at radius 1 is 0.889 bits per heavy atom. The number of aliphatic hydroxyl groups excluding tert-OH is 2. The molecule has 0 bridgehead atoms. The van der Waals surface area contributed by atoms with Gasteiger partial charge < -0.3 is 24.7 Å². The molecule has 3 atom stereocenters. The SMILES string of the molecule is OC[C@@H](O)[C@@H](OCc1ccccc1)[C@H](OCc1ccccc1)c1ncc[nH]1. The quantitative estimate of drug-likeness (QED) is 0.512. The standard InChI is InChI=1S/C21H24N2O4/c24-13-18(25)19(26-14-16-7-3-1-4-8-16)20(21-22-11-12-23-21)27-15-17-9-5-2-6-10-17/h1-12,18-20,24-25H,13-15H2,(H,22,23)/t18-,19-,20+/m1/s1. The van der Waals surface area contributed by atoms with Crippen LogP contribution in [0.25, 0.3) is 0 Å². The van der Waals surface area contributed by atoms with Gasteiger partial charge in [0.25, 0.3) is 0 Å². The number of H-pyrrole nitrogens is 1. The highest BCUT2D eigenvalue weighted by molar-refractivity contribution is 5.14. The number of rotatable bonds is 10. The summed E-state index contributed by atoms with van der Waals surface area (Å²) in [6.07, 6.45) is 0.748. The van der Waals surface area contributed by atoms with Crippen molar-refractivity contribution in [3.05, 3.63) is 90.0 Å². The second-order valence-corrected chi connectivity index (χ2v) is 6.20. The number of nitrogens with zero attached hydrogens (tertiary/aromatic N) is 1. The van der Waals surface area contributed by atoms with Gasteiger partial charge in [0.1, 0.15) is 24.1 Å². The molecule has 2 aromatic carbocycles. The van der Waals surface area contributed by atoms with Crippen LogP contribution in [0.2, 0.25) is 0 Å². The van der Waals surface area contributed by atoms with Crippen molar-refractivity contribution in [2.75, 3.05) is 6.61 Å². The van der Waals surface area contributed by atoms with Crippen molar-refractivity contribution in [2.24, 2.45) is 0 Å². The van der Waals surface area contributed by atoms with E-state index in [0.29, 0.717) is 12.4 Å². The maximum absolute atomic E-state index is 10.4. The van der Waals surface area contributed by atoms with Crippen LogP contribution in [0.15, 0.2) is 73.1 Å². The van der Waals surface area contributed by atoms with Crippen molar-refractivity contribution >= 4 is 0 Å². The normalized spacial score (nSPS) is 14.6. The summed E-state index contributed by atoms with van der Waals surface area (Å²) >= 11 is 0. The molecule has 1 aromatic heterocycles. The van der Waals surface area contributed by atoms with Crippen molar-refractivity contribution in [3.8, 4) is 0 Å². The van der Waals surface area contributed by atoms with E-state index in [0.717, 1.165) is 11.1 Å². The van der Waals surface area contributed by atoms with Crippen molar-refractivity contribution in [1.29, 1.82) is 0 Å². The van der Waals surface area contributed by atoms with E-state index in [1.807, 2.05) is 60.7 Å². The summed E-state index contributed by atoms with van der Waals surface area (Å²) in [5, 5.41) is 19.9. The summed E-state index contributed by atoms with van der Waals surface area (Å²) in [7, 11) is 0. The van der Waals surface area contributed by atoms with E-state index in [4.69, 9.17) is 9.47 Å². The van der Waals surface area contributed by atoms with Gasteiger partial charge >= 0.3 is 0 Å². The van der Waals surface area contributed by atoms with Gasteiger partial charge in [-0.1, -0.05) is 60.7 Å². The number of aromatic amines is 1. The minimum atomic E-state index is -1.11. The van der Waals surface area contributed by atoms with E-state index in [-0.39, 0.29) is 6.61 Å². The topological polar surface area (TPSA) is 87.6 Å². The number of aliphatic hydroxyl groups is 2. The molecular weight excluding hydrogens is 344 g/mol. The highest BCUT2D eigenvalue weighted by atomic mass is 16.5. The molecule has 6 heteroatoms. The van der Waals surface area contributed by atoms with Crippen molar-refractivity contribution in [2.45, 2.75) is 31.5 Å². The molecular formula is C21H24N2O4. The lowest BCUT2D eigenvalue weighted by atomic mass is 10.1. The monoisotopic (exact) mass is 368 g/mol. The first-order chi connectivity index (χ1) is 13.3. The predicted octanol–water partition coefficient (Wildman–Crippen LogP) is 2.61. The molecule has 142 valence electrons. The van der Waals surface area contributed by atoms with Gasteiger partial charge in [-0.25, -0.2) is 4.98 Å². The lowest BCUT2D eigenvalue weighted by Crippen LogP contribution is -2.39. The zero-order valence-corrected chi connectivity index (χ0v) is 14.9. The van der Waals surface area contributed by atoms with Crippen LogP contribution in [0.5, 0.6) is 0 Å². The second-order valence-electron chi connectivity index (χ2n) is 6.20. The number of ether oxygens (including phenoxy) is 2. The Bertz CT molecular complexity index is 765. The van der Waals surface area contributed by atoms with Crippen LogP contribution in [-0.4, -0.2) is 39.0 Å². The van der Waals surface area contributed by atoms with E-state index in [1.54, 1.807) is 12.4 Å². The van der Waals surface area contributed by atoms with Crippen LogP contribution in [0.1, 0.15) is 23.1 Å². The van der Waals surface area contributed by atoms with E-state index in [2.05, 4.69) is 9.97 Å². The third-order valence-corrected chi connectivity index (χ3v) is 4.21. The molecule has 3 aromatic rings. The Balaban J connectivity index is 1.76. The lowest BCUT2D eigenvalue weighted by Gasteiger charge is -2.29. The second kappa shape index (κ2) is 9.99. The largest absolute Gasteiger partial charge is 0.394 e. The molecule has 1 heterocycles. The van der Waals surface area contributed by atoms with Crippen LogP contribution < -0.4 is 0 Å². The van der Waals surface area contributed by atoms with Gasteiger partial charge in [-0.05, 0) is 11.1 Å². The molecule has 0 saturated heterocycles. The van der Waals surface area contributed by atoms with Gasteiger partial charge in [0.2, 0.25) is 0 Å². The first-order valence-corrected chi connectivity index (χ1v) is 8.87. The van der Waals surface area contributed by atoms with Crippen LogP contribution in [0, 0.1) is 0 Å². The number of imidazole rings is 1. The number of aromatic nitrogens is 2. The summed E-state index contributed by atoms with van der Waals surface area (Å²) in [5.41, 5.74) is 1.96. The highest BCUT2D eigenvalue weighted by Gasteiger charge is 2.33. The Hall–Kier alpha value is -2.51. The lowest BCUT2D eigenvalue weighted by molar-refractivity contribution is -0.145. The molecule has 0 saturated carbocycles. The Labute approximate surface area is 158 Å². The van der Waals surface area contributed by atoms with Crippen molar-refractivity contribution < 1.29 is 19.7 Å². The van der Waals surface area contributed by atoms with E-state index >= 15 is 0 Å². The maximum atomic E-state index is 10.4. The fourth-order valence-electron chi connectivity index (χ4n) is 2.79. The number of hydrogen-bond donors (Lipinski definition) is 3. The van der Waals surface area contributed by atoms with Gasteiger partial charge in [-0.15, -0.1) is 0 Å². The summed E-state index contributed by atoms with van der Waals surface area (Å²) in [6.45, 7) is 0.176. The molecule has 0 radical (unpaired) electrons. The predicted molar refractivity (Wildman–Crippen MR) is 101 cm³/mol. The Morgan fingerprint density at radius 2 is 1.48 bits per heavy atom. The minimum Gasteiger partial charge on any atom is -0.394 e. The van der Waals surface area contributed by atoms with E-state index < -0.39 is 24.9 Å². The van der Waals surface area contributed by atoms with E-state index in [9.17, 15) is 10.2 Å². The number of nitrogens with one attached hydrogen (secondary N) is 1. The van der Waals surface area contributed by atoms with Gasteiger partial charge in [-0.2, -0.15) is 0 Å². The van der Waals surface area contributed by atoms with Crippen molar-refractivity contribution in [3.63, 3.8) is 0 Å². The molecule has 0 aliphatic carbocycles. The van der Waals surface area contributed by atoms with Crippen molar-refractivity contribution in [1.82, 2.24) is 9.97 Å². The van der Waals surface area contributed by atoms with Gasteiger partial charge in [-0.3, -0.25) is 0 Å². The Kier molecular flexibility index (Phi) is 7.12. The molecule has 27 heavy (non-hydrogen) atoms.